The maximum absolute atomic E-state index is 13.2. The predicted molar refractivity (Wildman–Crippen MR) is 159 cm³/mol. The third kappa shape index (κ3) is 12.1. The van der Waals surface area contributed by atoms with Crippen molar-refractivity contribution in [3.63, 3.8) is 0 Å². The highest BCUT2D eigenvalue weighted by atomic mass is 16.7. The van der Waals surface area contributed by atoms with Crippen molar-refractivity contribution in [3.8, 4) is 0 Å². The summed E-state index contributed by atoms with van der Waals surface area (Å²) < 4.78 is 24.1. The van der Waals surface area contributed by atoms with Crippen LogP contribution < -0.4 is 0 Å². The Balaban J connectivity index is 1.76. The molecule has 0 aromatic rings. The van der Waals surface area contributed by atoms with Crippen LogP contribution in [0.1, 0.15) is 79.1 Å². The van der Waals surface area contributed by atoms with Crippen LogP contribution in [-0.4, -0.2) is 114 Å². The average Bonchev–Trinajstić information content (AvgIpc) is 2.88. The van der Waals surface area contributed by atoms with E-state index >= 15 is 0 Å². The van der Waals surface area contributed by atoms with Crippen molar-refractivity contribution in [1.82, 2.24) is 0 Å². The number of carbonyl (C=O) groups excluding carboxylic acids is 2. The van der Waals surface area contributed by atoms with E-state index < -0.39 is 0 Å². The Hall–Kier alpha value is -0.900. The second kappa shape index (κ2) is 17.3. The minimum absolute atomic E-state index is 0.182. The van der Waals surface area contributed by atoms with E-state index in [1.165, 1.54) is 0 Å². The lowest BCUT2D eigenvalue weighted by Crippen LogP contribution is -2.51. The fraction of sp³-hybridized carbons (Fsp3) is 0.938. The third-order valence-corrected chi connectivity index (χ3v) is 8.99. The van der Waals surface area contributed by atoms with Gasteiger partial charge in [-0.05, 0) is 90.9 Å². The summed E-state index contributed by atoms with van der Waals surface area (Å²) in [5.41, 5.74) is 0. The van der Waals surface area contributed by atoms with Crippen LogP contribution >= 0.6 is 0 Å². The lowest BCUT2D eigenvalue weighted by Gasteiger charge is -2.39. The number of hydrogen-bond acceptors (Lipinski definition) is 6. The van der Waals surface area contributed by atoms with Crippen LogP contribution in [0.15, 0.2) is 0 Å². The van der Waals surface area contributed by atoms with E-state index in [1.807, 2.05) is 27.7 Å². The molecular weight excluding hydrogens is 508 g/mol. The maximum atomic E-state index is 13.2. The Kier molecular flexibility index (Phi) is 15.2. The summed E-state index contributed by atoms with van der Waals surface area (Å²) >= 11 is 0. The second-order valence-electron chi connectivity index (χ2n) is 13.4. The second-order valence-corrected chi connectivity index (χ2v) is 13.4. The first-order valence-electron chi connectivity index (χ1n) is 16.1. The lowest BCUT2D eigenvalue weighted by atomic mass is 9.68. The van der Waals surface area contributed by atoms with Gasteiger partial charge in [-0.1, -0.05) is 0 Å². The van der Waals surface area contributed by atoms with Crippen LogP contribution in [0.3, 0.4) is 0 Å². The van der Waals surface area contributed by atoms with Gasteiger partial charge in [-0.15, -0.1) is 0 Å². The van der Waals surface area contributed by atoms with Crippen LogP contribution in [0.2, 0.25) is 0 Å². The Morgan fingerprint density at radius 3 is 1.07 bits per heavy atom. The fourth-order valence-electron chi connectivity index (χ4n) is 6.91. The topological polar surface area (TPSA) is 71.1 Å². The number of carbonyl (C=O) groups is 2. The molecule has 0 radical (unpaired) electrons. The molecule has 2 saturated carbocycles. The normalized spacial score (nSPS) is 24.6. The van der Waals surface area contributed by atoms with Crippen molar-refractivity contribution >= 4 is 11.6 Å². The van der Waals surface area contributed by atoms with Gasteiger partial charge in [-0.3, -0.25) is 9.59 Å². The summed E-state index contributed by atoms with van der Waals surface area (Å²) in [5, 5.41) is 0. The molecule has 0 aromatic carbocycles. The highest BCUT2D eigenvalue weighted by Crippen LogP contribution is 2.42. The van der Waals surface area contributed by atoms with E-state index in [0.29, 0.717) is 85.0 Å². The van der Waals surface area contributed by atoms with Gasteiger partial charge >= 0.3 is 0 Å². The first-order chi connectivity index (χ1) is 18.9. The summed E-state index contributed by atoms with van der Waals surface area (Å²) in [6, 6.07) is 0. The minimum Gasteiger partial charge on any atom is -0.348 e. The summed E-state index contributed by atoms with van der Waals surface area (Å²) in [5.74, 6) is 2.55. The highest BCUT2D eigenvalue weighted by Gasteiger charge is 2.37. The van der Waals surface area contributed by atoms with Crippen LogP contribution in [0.25, 0.3) is 0 Å². The van der Waals surface area contributed by atoms with Crippen molar-refractivity contribution in [2.24, 2.45) is 23.7 Å². The van der Waals surface area contributed by atoms with Crippen molar-refractivity contribution in [1.29, 1.82) is 0 Å². The molecule has 0 amide bonds. The van der Waals surface area contributed by atoms with Gasteiger partial charge in [-0.2, -0.15) is 0 Å². The summed E-state index contributed by atoms with van der Waals surface area (Å²) in [4.78, 5) is 26.4. The average molecular weight is 571 g/mol. The Morgan fingerprint density at radius 1 is 0.550 bits per heavy atom. The first-order valence-corrected chi connectivity index (χ1v) is 16.1. The van der Waals surface area contributed by atoms with Gasteiger partial charge in [0, 0.05) is 38.3 Å². The molecule has 8 heteroatoms. The number of ether oxygens (including phenoxy) is 4. The number of likely N-dealkylation sites (N-methyl/N-ethyl adjacent to an activating group) is 2. The number of ketones is 2. The van der Waals surface area contributed by atoms with E-state index in [1.54, 1.807) is 0 Å². The molecule has 0 spiro atoms. The van der Waals surface area contributed by atoms with Crippen LogP contribution in [-0.2, 0) is 28.5 Å². The number of rotatable bonds is 19. The summed E-state index contributed by atoms with van der Waals surface area (Å²) in [7, 11) is 8.41. The largest absolute Gasteiger partial charge is 0.348 e. The Labute approximate surface area is 245 Å². The summed E-state index contributed by atoms with van der Waals surface area (Å²) in [6.45, 7) is 12.8. The molecule has 0 atom stereocenters. The quantitative estimate of drug-likeness (QED) is 0.166. The van der Waals surface area contributed by atoms with Gasteiger partial charge in [0.2, 0.25) is 12.6 Å². The van der Waals surface area contributed by atoms with E-state index in [4.69, 9.17) is 18.9 Å². The predicted octanol–water partition coefficient (Wildman–Crippen LogP) is 4.69. The van der Waals surface area contributed by atoms with E-state index in [2.05, 4.69) is 28.2 Å². The maximum Gasteiger partial charge on any atom is 0.207 e. The monoisotopic (exact) mass is 570 g/mol. The van der Waals surface area contributed by atoms with Crippen molar-refractivity contribution in [2.75, 3.05) is 80.8 Å². The third-order valence-electron chi connectivity index (χ3n) is 8.99. The first kappa shape index (κ1) is 35.3. The molecule has 8 nitrogen and oxygen atoms in total. The SMILES string of the molecule is CCOC(C[N+](C)(C)CC(=O)C1CCC(C2CCC(C(=O)C[N+](C)(C)CC(OCC)OCC)CC2)CC1)OCC. The van der Waals surface area contributed by atoms with Crippen LogP contribution in [0, 0.1) is 23.7 Å². The van der Waals surface area contributed by atoms with Gasteiger partial charge in [0.15, 0.2) is 11.6 Å². The fourth-order valence-corrected chi connectivity index (χ4v) is 6.91. The van der Waals surface area contributed by atoms with E-state index in [-0.39, 0.29) is 24.4 Å². The Morgan fingerprint density at radius 2 is 0.825 bits per heavy atom. The number of Topliss-reactive ketones (excluding diaryl/α,β-unsaturated/α-hetero) is 2. The van der Waals surface area contributed by atoms with Crippen molar-refractivity contribution in [3.05, 3.63) is 0 Å². The lowest BCUT2D eigenvalue weighted by molar-refractivity contribution is -0.888. The molecule has 2 rings (SSSR count). The molecule has 0 aromatic heterocycles. The molecule has 2 aliphatic rings. The number of nitrogens with zero attached hydrogens (tertiary/aromatic N) is 2. The molecule has 0 aliphatic heterocycles. The van der Waals surface area contributed by atoms with Gasteiger partial charge < -0.3 is 27.9 Å². The van der Waals surface area contributed by atoms with E-state index in [9.17, 15) is 9.59 Å². The van der Waals surface area contributed by atoms with Gasteiger partial charge in [-0.25, -0.2) is 0 Å². The molecule has 0 N–H and O–H groups in total. The minimum atomic E-state index is -0.261. The molecular formula is C32H62N2O6+2. The molecule has 0 saturated heterocycles. The van der Waals surface area contributed by atoms with Gasteiger partial charge in [0.05, 0.1) is 28.2 Å². The molecule has 0 unspecified atom stereocenters. The molecule has 234 valence electrons. The zero-order valence-electron chi connectivity index (χ0n) is 27.1. The van der Waals surface area contributed by atoms with Crippen molar-refractivity contribution < 1.29 is 37.5 Å². The number of quaternary nitrogens is 2. The van der Waals surface area contributed by atoms with Crippen molar-refractivity contribution in [2.45, 2.75) is 91.6 Å². The van der Waals surface area contributed by atoms with Crippen LogP contribution in [0.4, 0.5) is 0 Å². The molecule has 40 heavy (non-hydrogen) atoms. The molecule has 0 bridgehead atoms. The Bertz CT molecular complexity index is 668. The highest BCUT2D eigenvalue weighted by molar-refractivity contribution is 5.82. The zero-order chi connectivity index (χ0) is 29.8. The molecule has 0 heterocycles. The van der Waals surface area contributed by atoms with Gasteiger partial charge in [0.1, 0.15) is 26.2 Å². The van der Waals surface area contributed by atoms with E-state index in [0.717, 1.165) is 51.4 Å². The number of hydrogen-bond donors (Lipinski definition) is 0. The zero-order valence-corrected chi connectivity index (χ0v) is 27.1. The summed E-state index contributed by atoms with van der Waals surface area (Å²) in [6.07, 6.45) is 8.10. The molecule has 2 fully saturated rings. The van der Waals surface area contributed by atoms with Gasteiger partial charge in [0.25, 0.3) is 0 Å². The smallest absolute Gasteiger partial charge is 0.207 e. The molecule has 2 aliphatic carbocycles. The standard InChI is InChI=1S/C32H62N2O6/c1-9-37-31(38-10-2)23-33(5,6)21-29(35)27-17-13-25(14-18-27)26-15-19-28(20-16-26)30(36)22-34(7,8)24-32(39-11-3)40-12-4/h25-28,31-32H,9-24H2,1-8H3/q+2. The van der Waals surface area contributed by atoms with Crippen LogP contribution in [0.5, 0.6) is 0 Å².